The van der Waals surface area contributed by atoms with Gasteiger partial charge in [0, 0.05) is 19.5 Å². The summed E-state index contributed by atoms with van der Waals surface area (Å²) in [7, 11) is -1.32. The summed E-state index contributed by atoms with van der Waals surface area (Å²) >= 11 is 0. The van der Waals surface area contributed by atoms with Crippen LogP contribution in [0.5, 0.6) is 0 Å². The van der Waals surface area contributed by atoms with Crippen molar-refractivity contribution in [1.82, 2.24) is 0 Å². The summed E-state index contributed by atoms with van der Waals surface area (Å²) in [5.41, 5.74) is 1.95. The Labute approximate surface area is 90.6 Å². The predicted octanol–water partition coefficient (Wildman–Crippen LogP) is 4.34. The van der Waals surface area contributed by atoms with Crippen molar-refractivity contribution >= 4 is 16.5 Å². The van der Waals surface area contributed by atoms with Gasteiger partial charge in [-0.15, -0.1) is 0 Å². The zero-order valence-electron chi connectivity index (χ0n) is 9.75. The topological polar surface area (TPSA) is 9.23 Å². The van der Waals surface area contributed by atoms with Gasteiger partial charge in [0.1, 0.15) is 0 Å². The third-order valence-corrected chi connectivity index (χ3v) is 8.75. The van der Waals surface area contributed by atoms with E-state index >= 15 is 0 Å². The van der Waals surface area contributed by atoms with Crippen molar-refractivity contribution in [3.8, 4) is 0 Å². The van der Waals surface area contributed by atoms with Gasteiger partial charge in [-0.1, -0.05) is 12.8 Å². The van der Waals surface area contributed by atoms with Crippen molar-refractivity contribution in [2.24, 2.45) is 0 Å². The second kappa shape index (κ2) is 4.23. The van der Waals surface area contributed by atoms with Crippen LogP contribution in [0.1, 0.15) is 38.5 Å². The Kier molecular flexibility index (Phi) is 3.36. The van der Waals surface area contributed by atoms with Crippen molar-refractivity contribution in [3.63, 3.8) is 0 Å². The fourth-order valence-corrected chi connectivity index (χ4v) is 8.81. The molecule has 0 aromatic carbocycles. The summed E-state index contributed by atoms with van der Waals surface area (Å²) in [4.78, 5) is 0. The molecule has 82 valence electrons. The lowest BCUT2D eigenvalue weighted by Gasteiger charge is -2.44. The number of fused-ring (bicyclic) bond motifs is 2. The molecule has 2 aliphatic rings. The minimum Gasteiger partial charge on any atom is -0.395 e. The first-order chi connectivity index (χ1) is 6.56. The van der Waals surface area contributed by atoms with E-state index in [4.69, 9.17) is 4.21 Å². The molecule has 0 spiro atoms. The number of hydrogen-bond donors (Lipinski definition) is 0. The molecule has 0 N–H and O–H groups in total. The first kappa shape index (κ1) is 11.1. The standard InChI is InChI=1S/C11H23OPSi/c1-14(2,3)12-13-10-6-4-7-11(13)9-5-8-10/h10-11H,4-9H2,1-3H3. The fraction of sp³-hybridized carbons (Fsp3) is 1.00. The van der Waals surface area contributed by atoms with Gasteiger partial charge in [0.05, 0.1) is 0 Å². The molecule has 2 aliphatic heterocycles. The third kappa shape index (κ3) is 2.59. The minimum atomic E-state index is -1.28. The van der Waals surface area contributed by atoms with Gasteiger partial charge in [0.15, 0.2) is 8.32 Å². The summed E-state index contributed by atoms with van der Waals surface area (Å²) in [6.07, 6.45) is 8.81. The van der Waals surface area contributed by atoms with Crippen LogP contribution in [-0.2, 0) is 4.21 Å². The molecule has 2 saturated heterocycles. The van der Waals surface area contributed by atoms with Gasteiger partial charge in [-0.2, -0.15) is 0 Å². The molecule has 2 bridgehead atoms. The van der Waals surface area contributed by atoms with E-state index in [0.29, 0.717) is 0 Å². The lowest BCUT2D eigenvalue weighted by Crippen LogP contribution is -2.33. The maximum atomic E-state index is 6.45. The summed E-state index contributed by atoms with van der Waals surface area (Å²) in [5, 5.41) is 0. The van der Waals surface area contributed by atoms with Gasteiger partial charge in [-0.25, -0.2) is 0 Å². The Morgan fingerprint density at radius 1 is 0.929 bits per heavy atom. The van der Waals surface area contributed by atoms with Gasteiger partial charge < -0.3 is 4.21 Å². The van der Waals surface area contributed by atoms with Gasteiger partial charge in [0.2, 0.25) is 0 Å². The van der Waals surface area contributed by atoms with Crippen LogP contribution in [-0.4, -0.2) is 19.6 Å². The predicted molar refractivity (Wildman–Crippen MR) is 66.6 cm³/mol. The second-order valence-corrected chi connectivity index (χ2v) is 12.9. The molecule has 0 aromatic heterocycles. The normalized spacial score (nSPS) is 38.4. The largest absolute Gasteiger partial charge is 0.395 e. The Balaban J connectivity index is 2.01. The van der Waals surface area contributed by atoms with Crippen molar-refractivity contribution in [2.75, 3.05) is 0 Å². The molecule has 1 nitrogen and oxygen atoms in total. The van der Waals surface area contributed by atoms with E-state index in [0.717, 1.165) is 11.3 Å². The highest BCUT2D eigenvalue weighted by atomic mass is 31.1. The summed E-state index contributed by atoms with van der Waals surface area (Å²) in [5.74, 6) is 0. The van der Waals surface area contributed by atoms with E-state index in [1.165, 1.54) is 38.5 Å². The van der Waals surface area contributed by atoms with Crippen LogP contribution in [0.2, 0.25) is 19.6 Å². The highest BCUT2D eigenvalue weighted by Crippen LogP contribution is 2.61. The van der Waals surface area contributed by atoms with Gasteiger partial charge >= 0.3 is 0 Å². The SMILES string of the molecule is C[Si](C)(C)OP1C2CCCC1CCC2. The summed E-state index contributed by atoms with van der Waals surface area (Å²) in [6.45, 7) is 7.04. The van der Waals surface area contributed by atoms with Gasteiger partial charge in [0.25, 0.3) is 0 Å². The van der Waals surface area contributed by atoms with Crippen molar-refractivity contribution in [1.29, 1.82) is 0 Å². The van der Waals surface area contributed by atoms with E-state index < -0.39 is 8.32 Å². The zero-order chi connectivity index (χ0) is 10.2. The van der Waals surface area contributed by atoms with E-state index in [1.807, 2.05) is 0 Å². The highest BCUT2D eigenvalue weighted by Gasteiger charge is 2.39. The molecule has 0 atom stereocenters. The molecule has 0 aliphatic carbocycles. The maximum absolute atomic E-state index is 6.45. The third-order valence-electron chi connectivity index (χ3n) is 3.25. The first-order valence-corrected chi connectivity index (χ1v) is 10.8. The Morgan fingerprint density at radius 3 is 1.71 bits per heavy atom. The van der Waals surface area contributed by atoms with Gasteiger partial charge in [-0.3, -0.25) is 0 Å². The van der Waals surface area contributed by atoms with Crippen molar-refractivity contribution in [3.05, 3.63) is 0 Å². The molecule has 2 heterocycles. The summed E-state index contributed by atoms with van der Waals surface area (Å²) in [6, 6.07) is 0. The van der Waals surface area contributed by atoms with Crippen LogP contribution in [0.3, 0.4) is 0 Å². The molecule has 14 heavy (non-hydrogen) atoms. The van der Waals surface area contributed by atoms with Crippen molar-refractivity contribution in [2.45, 2.75) is 69.5 Å². The van der Waals surface area contributed by atoms with E-state index in [2.05, 4.69) is 19.6 Å². The van der Waals surface area contributed by atoms with Crippen LogP contribution >= 0.6 is 8.15 Å². The van der Waals surface area contributed by atoms with E-state index in [9.17, 15) is 0 Å². The monoisotopic (exact) mass is 230 g/mol. The first-order valence-electron chi connectivity index (χ1n) is 6.04. The van der Waals surface area contributed by atoms with Crippen LogP contribution in [0.25, 0.3) is 0 Å². The Morgan fingerprint density at radius 2 is 1.36 bits per heavy atom. The second-order valence-electron chi connectivity index (χ2n) is 5.73. The summed E-state index contributed by atoms with van der Waals surface area (Å²) < 4.78 is 6.45. The van der Waals surface area contributed by atoms with Crippen LogP contribution in [0, 0.1) is 0 Å². The van der Waals surface area contributed by atoms with Gasteiger partial charge in [-0.05, 0) is 45.3 Å². The number of rotatable bonds is 2. The molecule has 3 heteroatoms. The molecule has 0 saturated carbocycles. The van der Waals surface area contributed by atoms with Crippen LogP contribution in [0.15, 0.2) is 0 Å². The minimum absolute atomic E-state index is 0.0360. The zero-order valence-corrected chi connectivity index (χ0v) is 11.6. The van der Waals surface area contributed by atoms with Crippen molar-refractivity contribution < 1.29 is 4.21 Å². The molecule has 0 amide bonds. The average molecular weight is 230 g/mol. The van der Waals surface area contributed by atoms with Crippen LogP contribution < -0.4 is 0 Å². The average Bonchev–Trinajstić information content (AvgIpc) is 1.99. The smallest absolute Gasteiger partial charge is 0.188 e. The fourth-order valence-electron chi connectivity index (χ4n) is 2.74. The molecule has 2 fully saturated rings. The lowest BCUT2D eigenvalue weighted by molar-refractivity contribution is 0.431. The maximum Gasteiger partial charge on any atom is 0.188 e. The van der Waals surface area contributed by atoms with E-state index in [1.54, 1.807) is 0 Å². The molecular formula is C11H23OPSi. The number of hydrogen-bond acceptors (Lipinski definition) is 1. The molecule has 0 radical (unpaired) electrons. The molecule has 0 aromatic rings. The Hall–Kier alpha value is 0.607. The highest BCUT2D eigenvalue weighted by molar-refractivity contribution is 7.55. The van der Waals surface area contributed by atoms with Crippen LogP contribution in [0.4, 0.5) is 0 Å². The molecular weight excluding hydrogens is 207 g/mol. The lowest BCUT2D eigenvalue weighted by atomic mass is 9.99. The quantitative estimate of drug-likeness (QED) is 0.506. The molecule has 0 unspecified atom stereocenters. The van der Waals surface area contributed by atoms with E-state index in [-0.39, 0.29) is 8.15 Å². The molecule has 2 rings (SSSR count). The Bertz CT molecular complexity index is 180.